The van der Waals surface area contributed by atoms with Crippen LogP contribution in [-0.2, 0) is 19.3 Å². The van der Waals surface area contributed by atoms with Crippen LogP contribution in [0.15, 0.2) is 49.1 Å². The molecule has 0 aliphatic rings. The molecule has 0 aliphatic heterocycles. The van der Waals surface area contributed by atoms with E-state index < -0.39 is 0 Å². The van der Waals surface area contributed by atoms with Gasteiger partial charge in [-0.05, 0) is 54.7 Å². The number of aryl methyl sites for hydroxylation is 3. The highest BCUT2D eigenvalue weighted by atomic mass is 16.5. The maximum absolute atomic E-state index is 5.63. The SMILES string of the molecule is COc1cc(Cc2c[nH]c3ncc(C)cc23)cnc1CCc1cccnc1OC. The van der Waals surface area contributed by atoms with Crippen LogP contribution in [-0.4, -0.2) is 34.2 Å². The van der Waals surface area contributed by atoms with Gasteiger partial charge in [-0.15, -0.1) is 0 Å². The first-order valence-corrected chi connectivity index (χ1v) is 9.60. The monoisotopic (exact) mass is 388 g/mol. The number of nitrogens with one attached hydrogen (secondary N) is 1. The Morgan fingerprint density at radius 1 is 0.966 bits per heavy atom. The lowest BCUT2D eigenvalue weighted by Gasteiger charge is -2.11. The van der Waals surface area contributed by atoms with Crippen molar-refractivity contribution >= 4 is 11.0 Å². The second kappa shape index (κ2) is 8.31. The number of rotatable bonds is 7. The second-order valence-electron chi connectivity index (χ2n) is 7.06. The van der Waals surface area contributed by atoms with Crippen molar-refractivity contribution in [2.45, 2.75) is 26.2 Å². The molecular weight excluding hydrogens is 364 g/mol. The number of aromatic amines is 1. The van der Waals surface area contributed by atoms with Crippen molar-refractivity contribution in [1.82, 2.24) is 19.9 Å². The number of methoxy groups -OCH3 is 2. The van der Waals surface area contributed by atoms with E-state index in [0.29, 0.717) is 5.88 Å². The van der Waals surface area contributed by atoms with Crippen molar-refractivity contribution < 1.29 is 9.47 Å². The summed E-state index contributed by atoms with van der Waals surface area (Å²) in [6.45, 7) is 2.06. The van der Waals surface area contributed by atoms with E-state index in [0.717, 1.165) is 58.4 Å². The molecule has 0 spiro atoms. The fourth-order valence-electron chi connectivity index (χ4n) is 3.55. The molecular formula is C23H24N4O2. The predicted molar refractivity (Wildman–Crippen MR) is 113 cm³/mol. The van der Waals surface area contributed by atoms with Crippen LogP contribution in [0.2, 0.25) is 0 Å². The Morgan fingerprint density at radius 3 is 2.69 bits per heavy atom. The van der Waals surface area contributed by atoms with Gasteiger partial charge in [0.05, 0.1) is 19.9 Å². The van der Waals surface area contributed by atoms with Crippen LogP contribution in [0.25, 0.3) is 11.0 Å². The first-order chi connectivity index (χ1) is 14.2. The van der Waals surface area contributed by atoms with E-state index in [1.807, 2.05) is 30.7 Å². The van der Waals surface area contributed by atoms with Gasteiger partial charge >= 0.3 is 0 Å². The lowest BCUT2D eigenvalue weighted by Crippen LogP contribution is -2.02. The first kappa shape index (κ1) is 18.9. The number of hydrogen-bond acceptors (Lipinski definition) is 5. The summed E-state index contributed by atoms with van der Waals surface area (Å²) < 4.78 is 11.0. The number of nitrogens with zero attached hydrogens (tertiary/aromatic N) is 3. The van der Waals surface area contributed by atoms with Gasteiger partial charge in [0.1, 0.15) is 11.4 Å². The van der Waals surface area contributed by atoms with Crippen LogP contribution in [0, 0.1) is 6.92 Å². The van der Waals surface area contributed by atoms with Gasteiger partial charge in [0.15, 0.2) is 0 Å². The van der Waals surface area contributed by atoms with Gasteiger partial charge in [0.2, 0.25) is 5.88 Å². The van der Waals surface area contributed by atoms with Crippen molar-refractivity contribution in [1.29, 1.82) is 0 Å². The van der Waals surface area contributed by atoms with Crippen molar-refractivity contribution in [3.63, 3.8) is 0 Å². The Labute approximate surface area is 170 Å². The zero-order chi connectivity index (χ0) is 20.2. The number of hydrogen-bond donors (Lipinski definition) is 1. The molecule has 4 rings (SSSR count). The maximum atomic E-state index is 5.63. The molecule has 6 heteroatoms. The standard InChI is InChI=1S/C23H24N4O2/c1-15-9-19-18(14-27-22(19)26-12-15)10-16-11-21(28-2)20(25-13-16)7-6-17-5-4-8-24-23(17)29-3/h4-5,8-9,11-14H,6-7,10H2,1-3H3,(H,26,27). The molecule has 4 aromatic heterocycles. The van der Waals surface area contributed by atoms with E-state index in [-0.39, 0.29) is 0 Å². The van der Waals surface area contributed by atoms with Gasteiger partial charge in [-0.25, -0.2) is 9.97 Å². The quantitative estimate of drug-likeness (QED) is 0.517. The molecule has 148 valence electrons. The Kier molecular flexibility index (Phi) is 5.42. The average molecular weight is 388 g/mol. The molecule has 0 fully saturated rings. The summed E-state index contributed by atoms with van der Waals surface area (Å²) in [6.07, 6.45) is 9.86. The van der Waals surface area contributed by atoms with E-state index in [4.69, 9.17) is 9.47 Å². The normalized spacial score (nSPS) is 11.0. The molecule has 0 bridgehead atoms. The third-order valence-electron chi connectivity index (χ3n) is 5.03. The van der Waals surface area contributed by atoms with Crippen LogP contribution in [0.3, 0.4) is 0 Å². The number of pyridine rings is 3. The van der Waals surface area contributed by atoms with Gasteiger partial charge in [-0.3, -0.25) is 4.98 Å². The molecule has 0 unspecified atom stereocenters. The van der Waals surface area contributed by atoms with E-state index in [1.165, 1.54) is 5.56 Å². The van der Waals surface area contributed by atoms with E-state index in [9.17, 15) is 0 Å². The minimum Gasteiger partial charge on any atom is -0.495 e. The van der Waals surface area contributed by atoms with Crippen molar-refractivity contribution in [2.24, 2.45) is 0 Å². The highest BCUT2D eigenvalue weighted by Gasteiger charge is 2.12. The summed E-state index contributed by atoms with van der Waals surface area (Å²) in [6, 6.07) is 8.18. The highest BCUT2D eigenvalue weighted by molar-refractivity contribution is 5.80. The number of H-pyrrole nitrogens is 1. The number of fused-ring (bicyclic) bond motifs is 1. The molecule has 0 radical (unpaired) electrons. The Hall–Kier alpha value is -3.41. The summed E-state index contributed by atoms with van der Waals surface area (Å²) >= 11 is 0. The topological polar surface area (TPSA) is 72.9 Å². The third kappa shape index (κ3) is 4.06. The van der Waals surface area contributed by atoms with Gasteiger partial charge < -0.3 is 14.5 Å². The molecule has 0 amide bonds. The minimum absolute atomic E-state index is 0.659. The summed E-state index contributed by atoms with van der Waals surface area (Å²) in [5, 5.41) is 1.15. The molecule has 4 heterocycles. The Bertz CT molecular complexity index is 1140. The molecule has 0 aliphatic carbocycles. The van der Waals surface area contributed by atoms with Gasteiger partial charge in [0, 0.05) is 42.2 Å². The van der Waals surface area contributed by atoms with Gasteiger partial charge in [-0.2, -0.15) is 0 Å². The lowest BCUT2D eigenvalue weighted by molar-refractivity contribution is 0.391. The fourth-order valence-corrected chi connectivity index (χ4v) is 3.55. The lowest BCUT2D eigenvalue weighted by atomic mass is 10.0. The average Bonchev–Trinajstić information content (AvgIpc) is 3.14. The van der Waals surface area contributed by atoms with Crippen LogP contribution >= 0.6 is 0 Å². The minimum atomic E-state index is 0.659. The Balaban J connectivity index is 1.54. The second-order valence-corrected chi connectivity index (χ2v) is 7.06. The fraction of sp³-hybridized carbons (Fsp3) is 0.261. The molecule has 29 heavy (non-hydrogen) atoms. The third-order valence-corrected chi connectivity index (χ3v) is 5.03. The largest absolute Gasteiger partial charge is 0.495 e. The first-order valence-electron chi connectivity index (χ1n) is 9.60. The van der Waals surface area contributed by atoms with Crippen LogP contribution in [0.5, 0.6) is 11.6 Å². The number of ether oxygens (including phenoxy) is 2. The number of aromatic nitrogens is 4. The van der Waals surface area contributed by atoms with E-state index in [2.05, 4.69) is 39.0 Å². The molecule has 4 aromatic rings. The van der Waals surface area contributed by atoms with Crippen LogP contribution in [0.4, 0.5) is 0 Å². The highest BCUT2D eigenvalue weighted by Crippen LogP contribution is 2.25. The van der Waals surface area contributed by atoms with Gasteiger partial charge in [-0.1, -0.05) is 6.07 Å². The molecule has 0 aromatic carbocycles. The Morgan fingerprint density at radius 2 is 1.86 bits per heavy atom. The molecule has 0 saturated carbocycles. The summed E-state index contributed by atoms with van der Waals surface area (Å²) in [4.78, 5) is 16.6. The molecule has 0 saturated heterocycles. The van der Waals surface area contributed by atoms with Crippen molar-refractivity contribution in [3.8, 4) is 11.6 Å². The molecule has 1 N–H and O–H groups in total. The summed E-state index contributed by atoms with van der Waals surface area (Å²) in [7, 11) is 3.33. The van der Waals surface area contributed by atoms with Crippen LogP contribution < -0.4 is 9.47 Å². The predicted octanol–water partition coefficient (Wildman–Crippen LogP) is 4.05. The van der Waals surface area contributed by atoms with Crippen LogP contribution in [0.1, 0.15) is 27.9 Å². The molecule has 6 nitrogen and oxygen atoms in total. The van der Waals surface area contributed by atoms with E-state index in [1.54, 1.807) is 20.4 Å². The maximum Gasteiger partial charge on any atom is 0.216 e. The summed E-state index contributed by atoms with van der Waals surface area (Å²) in [5.74, 6) is 1.46. The zero-order valence-electron chi connectivity index (χ0n) is 16.9. The molecule has 0 atom stereocenters. The van der Waals surface area contributed by atoms with E-state index >= 15 is 0 Å². The zero-order valence-corrected chi connectivity index (χ0v) is 16.9. The van der Waals surface area contributed by atoms with Crippen molar-refractivity contribution in [3.05, 3.63) is 77.0 Å². The van der Waals surface area contributed by atoms with Crippen molar-refractivity contribution in [2.75, 3.05) is 14.2 Å². The summed E-state index contributed by atoms with van der Waals surface area (Å²) in [5.41, 5.74) is 6.35. The van der Waals surface area contributed by atoms with Gasteiger partial charge in [0.25, 0.3) is 0 Å². The smallest absolute Gasteiger partial charge is 0.216 e.